The zero-order valence-electron chi connectivity index (χ0n) is 11.0. The van der Waals surface area contributed by atoms with Crippen molar-refractivity contribution in [3.8, 4) is 0 Å². The van der Waals surface area contributed by atoms with Gasteiger partial charge in [-0.2, -0.15) is 0 Å². The highest BCUT2D eigenvalue weighted by Crippen LogP contribution is 2.45. The van der Waals surface area contributed by atoms with Crippen LogP contribution in [0.4, 0.5) is 0 Å². The molecule has 2 aromatic carbocycles. The van der Waals surface area contributed by atoms with Gasteiger partial charge in [0, 0.05) is 0 Å². The summed E-state index contributed by atoms with van der Waals surface area (Å²) in [6, 6.07) is 19.6. The average molecular weight is 254 g/mol. The van der Waals surface area contributed by atoms with E-state index in [4.69, 9.17) is 4.74 Å². The van der Waals surface area contributed by atoms with Crippen molar-refractivity contribution in [2.75, 3.05) is 0 Å². The van der Waals surface area contributed by atoms with Crippen LogP contribution in [0.1, 0.15) is 24.5 Å². The second-order valence-electron chi connectivity index (χ2n) is 5.00. The maximum absolute atomic E-state index is 11.3. The lowest BCUT2D eigenvalue weighted by molar-refractivity contribution is 0.0477. The van der Waals surface area contributed by atoms with Crippen LogP contribution in [0.15, 0.2) is 60.7 Å². The van der Waals surface area contributed by atoms with Gasteiger partial charge in [0.2, 0.25) is 0 Å². The van der Waals surface area contributed by atoms with E-state index >= 15 is 0 Å². The first kappa shape index (κ1) is 12.4. The van der Waals surface area contributed by atoms with Crippen LogP contribution in [0.25, 0.3) is 0 Å². The summed E-state index contributed by atoms with van der Waals surface area (Å²) >= 11 is 0. The van der Waals surface area contributed by atoms with Crippen molar-refractivity contribution < 1.29 is 9.84 Å². The first-order chi connectivity index (χ1) is 9.26. The highest BCUT2D eigenvalue weighted by Gasteiger charge is 2.54. The third kappa shape index (κ3) is 2.07. The standard InChI is InChI=1S/C17H18O2/c1-2-15-16(19-15)17(18,13-9-5-3-6-10-13)14-11-7-4-8-12-14/h3-12,15-16,18H,2H2,1H3/t15-,16+/m0/s1. The number of hydrogen-bond donors (Lipinski definition) is 1. The molecule has 1 heterocycles. The molecule has 3 rings (SSSR count). The second-order valence-corrected chi connectivity index (χ2v) is 5.00. The van der Waals surface area contributed by atoms with Gasteiger partial charge in [-0.05, 0) is 17.5 Å². The van der Waals surface area contributed by atoms with Gasteiger partial charge in [-0.3, -0.25) is 0 Å². The van der Waals surface area contributed by atoms with Crippen LogP contribution >= 0.6 is 0 Å². The fraction of sp³-hybridized carbons (Fsp3) is 0.294. The van der Waals surface area contributed by atoms with E-state index in [1.54, 1.807) is 0 Å². The number of benzene rings is 2. The molecule has 19 heavy (non-hydrogen) atoms. The maximum Gasteiger partial charge on any atom is 0.143 e. The number of hydrogen-bond acceptors (Lipinski definition) is 2. The van der Waals surface area contributed by atoms with Gasteiger partial charge >= 0.3 is 0 Å². The Bertz CT molecular complexity index is 496. The highest BCUT2D eigenvalue weighted by atomic mass is 16.6. The minimum absolute atomic E-state index is 0.144. The molecule has 0 aliphatic carbocycles. The maximum atomic E-state index is 11.3. The van der Waals surface area contributed by atoms with Gasteiger partial charge in [0.1, 0.15) is 11.7 Å². The second kappa shape index (κ2) is 4.80. The normalized spacial score (nSPS) is 22.2. The number of ether oxygens (including phenoxy) is 1. The minimum Gasteiger partial charge on any atom is -0.378 e. The molecule has 2 aromatic rings. The van der Waals surface area contributed by atoms with Crippen LogP contribution in [-0.2, 0) is 10.3 Å². The van der Waals surface area contributed by atoms with Crippen LogP contribution in [0.2, 0.25) is 0 Å². The molecule has 1 aliphatic heterocycles. The van der Waals surface area contributed by atoms with E-state index in [-0.39, 0.29) is 12.2 Å². The molecule has 98 valence electrons. The zero-order valence-corrected chi connectivity index (χ0v) is 11.0. The molecule has 2 atom stereocenters. The third-order valence-corrected chi connectivity index (χ3v) is 3.82. The molecule has 1 saturated heterocycles. The molecule has 1 N–H and O–H groups in total. The molecule has 0 amide bonds. The third-order valence-electron chi connectivity index (χ3n) is 3.82. The summed E-state index contributed by atoms with van der Waals surface area (Å²) in [5.41, 5.74) is 0.729. The van der Waals surface area contributed by atoms with Gasteiger partial charge in [-0.1, -0.05) is 67.6 Å². The predicted molar refractivity (Wildman–Crippen MR) is 74.8 cm³/mol. The van der Waals surface area contributed by atoms with Crippen LogP contribution in [0, 0.1) is 0 Å². The molecule has 0 unspecified atom stereocenters. The lowest BCUT2D eigenvalue weighted by Gasteiger charge is -2.28. The lowest BCUT2D eigenvalue weighted by atomic mass is 9.82. The van der Waals surface area contributed by atoms with E-state index in [1.165, 1.54) is 0 Å². The Morgan fingerprint density at radius 3 is 1.79 bits per heavy atom. The van der Waals surface area contributed by atoms with Crippen LogP contribution < -0.4 is 0 Å². The molecule has 2 nitrogen and oxygen atoms in total. The van der Waals surface area contributed by atoms with E-state index in [0.717, 1.165) is 17.5 Å². The number of aliphatic hydroxyl groups is 1. The van der Waals surface area contributed by atoms with Gasteiger partial charge in [0.05, 0.1) is 6.10 Å². The van der Waals surface area contributed by atoms with Crippen molar-refractivity contribution in [1.82, 2.24) is 0 Å². The van der Waals surface area contributed by atoms with Crippen LogP contribution in [-0.4, -0.2) is 17.3 Å². The van der Waals surface area contributed by atoms with E-state index in [1.807, 2.05) is 60.7 Å². The summed E-state index contributed by atoms with van der Waals surface area (Å²) in [5.74, 6) is 0. The number of rotatable bonds is 4. The highest BCUT2D eigenvalue weighted by molar-refractivity contribution is 5.39. The molecule has 0 spiro atoms. The quantitative estimate of drug-likeness (QED) is 0.850. The molecule has 2 heteroatoms. The largest absolute Gasteiger partial charge is 0.378 e. The van der Waals surface area contributed by atoms with Gasteiger partial charge in [0.15, 0.2) is 0 Å². The molecule has 0 bridgehead atoms. The Labute approximate surface area is 113 Å². The summed E-state index contributed by atoms with van der Waals surface area (Å²) in [6.07, 6.45) is 0.917. The topological polar surface area (TPSA) is 32.8 Å². The van der Waals surface area contributed by atoms with Gasteiger partial charge < -0.3 is 9.84 Å². The summed E-state index contributed by atoms with van der Waals surface area (Å²) in [6.45, 7) is 2.08. The molecule has 0 saturated carbocycles. The molecular weight excluding hydrogens is 236 g/mol. The van der Waals surface area contributed by atoms with Crippen LogP contribution in [0.5, 0.6) is 0 Å². The molecule has 0 radical (unpaired) electrons. The van der Waals surface area contributed by atoms with E-state index in [9.17, 15) is 5.11 Å². The van der Waals surface area contributed by atoms with Crippen molar-refractivity contribution in [2.45, 2.75) is 31.2 Å². The van der Waals surface area contributed by atoms with E-state index in [0.29, 0.717) is 0 Å². The smallest absolute Gasteiger partial charge is 0.143 e. The predicted octanol–water partition coefficient (Wildman–Crippen LogP) is 3.10. The Kier molecular flexibility index (Phi) is 3.13. The molecular formula is C17H18O2. The van der Waals surface area contributed by atoms with Crippen molar-refractivity contribution >= 4 is 0 Å². The van der Waals surface area contributed by atoms with Crippen molar-refractivity contribution in [1.29, 1.82) is 0 Å². The Morgan fingerprint density at radius 2 is 1.42 bits per heavy atom. The average Bonchev–Trinajstić information content (AvgIpc) is 3.28. The van der Waals surface area contributed by atoms with Crippen molar-refractivity contribution in [2.24, 2.45) is 0 Å². The van der Waals surface area contributed by atoms with Crippen molar-refractivity contribution in [3.63, 3.8) is 0 Å². The van der Waals surface area contributed by atoms with Gasteiger partial charge in [0.25, 0.3) is 0 Å². The number of epoxide rings is 1. The van der Waals surface area contributed by atoms with E-state index in [2.05, 4.69) is 6.92 Å². The Hall–Kier alpha value is -1.64. The van der Waals surface area contributed by atoms with Crippen molar-refractivity contribution in [3.05, 3.63) is 71.8 Å². The Balaban J connectivity index is 2.07. The zero-order chi connectivity index (χ0) is 13.3. The summed E-state index contributed by atoms with van der Waals surface area (Å²) in [4.78, 5) is 0. The molecule has 1 fully saturated rings. The Morgan fingerprint density at radius 1 is 0.947 bits per heavy atom. The summed E-state index contributed by atoms with van der Waals surface area (Å²) in [7, 11) is 0. The molecule has 0 aromatic heterocycles. The van der Waals surface area contributed by atoms with Gasteiger partial charge in [-0.25, -0.2) is 0 Å². The fourth-order valence-corrected chi connectivity index (χ4v) is 2.70. The van der Waals surface area contributed by atoms with E-state index < -0.39 is 5.60 Å². The first-order valence-corrected chi connectivity index (χ1v) is 6.75. The lowest BCUT2D eigenvalue weighted by Crippen LogP contribution is -2.34. The summed E-state index contributed by atoms with van der Waals surface area (Å²) in [5, 5.41) is 11.3. The fourth-order valence-electron chi connectivity index (χ4n) is 2.70. The van der Waals surface area contributed by atoms with Gasteiger partial charge in [-0.15, -0.1) is 0 Å². The first-order valence-electron chi connectivity index (χ1n) is 6.75. The SMILES string of the molecule is CC[C@@H]1O[C@H]1C(O)(c1ccccc1)c1ccccc1. The minimum atomic E-state index is -1.05. The monoisotopic (exact) mass is 254 g/mol. The summed E-state index contributed by atoms with van der Waals surface area (Å²) < 4.78 is 5.69. The molecule has 1 aliphatic rings. The van der Waals surface area contributed by atoms with Crippen LogP contribution in [0.3, 0.4) is 0 Å².